The van der Waals surface area contributed by atoms with Crippen LogP contribution in [0.1, 0.15) is 11.4 Å². The van der Waals surface area contributed by atoms with Crippen LogP contribution in [-0.4, -0.2) is 14.5 Å². The van der Waals surface area contributed by atoms with E-state index in [0.29, 0.717) is 41.4 Å². The van der Waals surface area contributed by atoms with Gasteiger partial charge in [-0.3, -0.25) is 0 Å². The van der Waals surface area contributed by atoms with Crippen LogP contribution in [-0.2, 0) is 20.1 Å². The molecule has 2 heterocycles. The minimum Gasteiger partial charge on any atom is -0.350 e. The normalized spacial score (nSPS) is 11.3. The highest BCUT2D eigenvalue weighted by atomic mass is 19.1. The van der Waals surface area contributed by atoms with E-state index < -0.39 is 0 Å². The lowest BCUT2D eigenvalue weighted by atomic mass is 10.0. The Morgan fingerprint density at radius 2 is 1.59 bits per heavy atom. The van der Waals surface area contributed by atoms with Crippen molar-refractivity contribution in [3.63, 3.8) is 0 Å². The van der Waals surface area contributed by atoms with Gasteiger partial charge in [0.15, 0.2) is 0 Å². The minimum absolute atomic E-state index is 0.335. The van der Waals surface area contributed by atoms with Crippen LogP contribution in [0.2, 0.25) is 0 Å². The topological polar surface area (TPSA) is 45.6 Å². The van der Waals surface area contributed by atoms with Gasteiger partial charge in [0.2, 0.25) is 0 Å². The van der Waals surface area contributed by atoms with Gasteiger partial charge in [0.25, 0.3) is 0 Å². The molecule has 0 saturated heterocycles. The summed E-state index contributed by atoms with van der Waals surface area (Å²) in [5, 5.41) is 4.65. The second-order valence-corrected chi connectivity index (χ2v) is 7.81. The molecule has 5 rings (SSSR count). The Morgan fingerprint density at radius 3 is 2.38 bits per heavy atom. The molecule has 0 saturated carbocycles. The Kier molecular flexibility index (Phi) is 5.29. The number of hydrogen-bond donors (Lipinski definition) is 2. The zero-order valence-electron chi connectivity index (χ0n) is 17.6. The summed E-state index contributed by atoms with van der Waals surface area (Å²) in [7, 11) is 2.04. The summed E-state index contributed by atoms with van der Waals surface area (Å²) in [5.74, 6) is 0.0213. The third kappa shape index (κ3) is 3.92. The summed E-state index contributed by atoms with van der Waals surface area (Å²) in [6.45, 7) is 1.16. The summed E-state index contributed by atoms with van der Waals surface area (Å²) >= 11 is 0. The van der Waals surface area contributed by atoms with E-state index in [4.69, 9.17) is 4.98 Å². The third-order valence-corrected chi connectivity index (χ3v) is 5.55. The fourth-order valence-electron chi connectivity index (χ4n) is 4.09. The van der Waals surface area contributed by atoms with Gasteiger partial charge in [-0.05, 0) is 35.9 Å². The molecule has 0 fully saturated rings. The van der Waals surface area contributed by atoms with E-state index in [2.05, 4.69) is 33.2 Å². The summed E-state index contributed by atoms with van der Waals surface area (Å²) in [6.07, 6.45) is 2.12. The monoisotopic (exact) mass is 428 g/mol. The summed E-state index contributed by atoms with van der Waals surface area (Å²) < 4.78 is 29.8. The van der Waals surface area contributed by atoms with Crippen LogP contribution in [0.25, 0.3) is 33.4 Å². The summed E-state index contributed by atoms with van der Waals surface area (Å²) in [5.41, 5.74) is 4.95. The van der Waals surface area contributed by atoms with E-state index in [0.717, 1.165) is 0 Å². The Bertz CT molecular complexity index is 1340. The molecule has 0 spiro atoms. The van der Waals surface area contributed by atoms with Gasteiger partial charge in [-0.2, -0.15) is 0 Å². The molecule has 0 bridgehead atoms. The van der Waals surface area contributed by atoms with Gasteiger partial charge in [0.05, 0.1) is 17.9 Å². The van der Waals surface area contributed by atoms with Crippen molar-refractivity contribution in [3.05, 3.63) is 102 Å². The van der Waals surface area contributed by atoms with E-state index in [9.17, 15) is 8.78 Å². The number of nitrogens with one attached hydrogen (secondary N) is 2. The van der Waals surface area contributed by atoms with Crippen molar-refractivity contribution in [1.29, 1.82) is 0 Å². The van der Waals surface area contributed by atoms with Crippen molar-refractivity contribution >= 4 is 10.9 Å². The molecule has 0 amide bonds. The Morgan fingerprint density at radius 1 is 0.875 bits per heavy atom. The number of para-hydroxylation sites is 1. The van der Waals surface area contributed by atoms with Crippen LogP contribution in [0.5, 0.6) is 0 Å². The molecule has 0 radical (unpaired) electrons. The third-order valence-electron chi connectivity index (χ3n) is 5.55. The second kappa shape index (κ2) is 8.40. The number of benzene rings is 3. The summed E-state index contributed by atoms with van der Waals surface area (Å²) in [4.78, 5) is 8.02. The molecule has 2 N–H and O–H groups in total. The SMILES string of the molecule is Cn1cc(CNCc2nc(-c3cccc(F)c3)c(-c3cccc(F)c3)[nH]2)c2ccccc21. The molecule has 2 aromatic heterocycles. The molecule has 6 heteroatoms. The number of aromatic nitrogens is 3. The fraction of sp³-hybridized carbons (Fsp3) is 0.115. The van der Waals surface area contributed by atoms with Crippen molar-refractivity contribution in [1.82, 2.24) is 19.9 Å². The Labute approximate surface area is 184 Å². The highest BCUT2D eigenvalue weighted by Gasteiger charge is 2.15. The van der Waals surface area contributed by atoms with Crippen molar-refractivity contribution in [2.24, 2.45) is 7.05 Å². The van der Waals surface area contributed by atoms with Crippen molar-refractivity contribution in [2.75, 3.05) is 0 Å². The maximum atomic E-state index is 13.9. The smallest absolute Gasteiger partial charge is 0.123 e. The van der Waals surface area contributed by atoms with Crippen LogP contribution in [0.15, 0.2) is 79.0 Å². The Balaban J connectivity index is 1.43. The number of hydrogen-bond acceptors (Lipinski definition) is 2. The number of H-pyrrole nitrogens is 1. The standard InChI is InChI=1S/C26H22F2N4/c1-32-16-19(22-10-2-3-11-23(22)32)14-29-15-24-30-25(17-6-4-8-20(27)12-17)26(31-24)18-7-5-9-21(28)13-18/h2-13,16,29H,14-15H2,1H3,(H,30,31). The first-order valence-electron chi connectivity index (χ1n) is 10.4. The molecule has 5 aromatic rings. The van der Waals surface area contributed by atoms with E-state index in [1.165, 1.54) is 40.7 Å². The van der Waals surface area contributed by atoms with Gasteiger partial charge in [0, 0.05) is 41.8 Å². The number of halogens is 2. The number of rotatable bonds is 6. The maximum absolute atomic E-state index is 13.9. The zero-order valence-corrected chi connectivity index (χ0v) is 17.6. The van der Waals surface area contributed by atoms with E-state index >= 15 is 0 Å². The van der Waals surface area contributed by atoms with Crippen LogP contribution < -0.4 is 5.32 Å². The Hall–Kier alpha value is -3.77. The first-order valence-corrected chi connectivity index (χ1v) is 10.4. The number of nitrogens with zero attached hydrogens (tertiary/aromatic N) is 2. The number of aromatic amines is 1. The number of imidazole rings is 1. The fourth-order valence-corrected chi connectivity index (χ4v) is 4.09. The van der Waals surface area contributed by atoms with Crippen molar-refractivity contribution in [3.8, 4) is 22.5 Å². The van der Waals surface area contributed by atoms with Crippen LogP contribution >= 0.6 is 0 Å². The number of fused-ring (bicyclic) bond motifs is 1. The van der Waals surface area contributed by atoms with Gasteiger partial charge in [0.1, 0.15) is 17.5 Å². The average Bonchev–Trinajstić information content (AvgIpc) is 3.36. The molecule has 32 heavy (non-hydrogen) atoms. The van der Waals surface area contributed by atoms with Gasteiger partial charge >= 0.3 is 0 Å². The predicted molar refractivity (Wildman–Crippen MR) is 123 cm³/mol. The molecule has 0 unspecified atom stereocenters. The first-order chi connectivity index (χ1) is 15.6. The second-order valence-electron chi connectivity index (χ2n) is 7.81. The molecule has 4 nitrogen and oxygen atoms in total. The van der Waals surface area contributed by atoms with Crippen molar-refractivity contribution in [2.45, 2.75) is 13.1 Å². The first kappa shape index (κ1) is 20.2. The molecule has 0 aliphatic heterocycles. The summed E-state index contributed by atoms with van der Waals surface area (Å²) in [6, 6.07) is 20.9. The molecule has 0 atom stereocenters. The quantitative estimate of drug-likeness (QED) is 0.359. The van der Waals surface area contributed by atoms with E-state index in [-0.39, 0.29) is 11.6 Å². The van der Waals surface area contributed by atoms with Crippen molar-refractivity contribution < 1.29 is 8.78 Å². The van der Waals surface area contributed by atoms with E-state index in [1.807, 2.05) is 25.2 Å². The average molecular weight is 428 g/mol. The molecule has 0 aliphatic rings. The molecular formula is C26H22F2N4. The zero-order chi connectivity index (χ0) is 22.1. The van der Waals surface area contributed by atoms with Crippen LogP contribution in [0.3, 0.4) is 0 Å². The molecular weight excluding hydrogens is 406 g/mol. The molecule has 160 valence electrons. The highest BCUT2D eigenvalue weighted by Crippen LogP contribution is 2.31. The lowest BCUT2D eigenvalue weighted by molar-refractivity contribution is 0.627. The molecule has 3 aromatic carbocycles. The lowest BCUT2D eigenvalue weighted by Crippen LogP contribution is -2.13. The van der Waals surface area contributed by atoms with E-state index in [1.54, 1.807) is 18.2 Å². The van der Waals surface area contributed by atoms with Gasteiger partial charge in [-0.1, -0.05) is 42.5 Å². The van der Waals surface area contributed by atoms with Gasteiger partial charge in [-0.15, -0.1) is 0 Å². The number of aryl methyl sites for hydroxylation is 1. The molecule has 0 aliphatic carbocycles. The minimum atomic E-state index is -0.341. The van der Waals surface area contributed by atoms with Crippen LogP contribution in [0.4, 0.5) is 8.78 Å². The van der Waals surface area contributed by atoms with Gasteiger partial charge < -0.3 is 14.9 Å². The van der Waals surface area contributed by atoms with Crippen LogP contribution in [0, 0.1) is 11.6 Å². The predicted octanol–water partition coefficient (Wildman–Crippen LogP) is 5.80. The largest absolute Gasteiger partial charge is 0.350 e. The maximum Gasteiger partial charge on any atom is 0.123 e. The lowest BCUT2D eigenvalue weighted by Gasteiger charge is -2.03. The van der Waals surface area contributed by atoms with Gasteiger partial charge in [-0.25, -0.2) is 13.8 Å². The highest BCUT2D eigenvalue weighted by molar-refractivity contribution is 5.83.